The minimum absolute atomic E-state index is 0.173. The highest BCUT2D eigenvalue weighted by Gasteiger charge is 2.29. The first-order valence-electron chi connectivity index (χ1n) is 6.91. The third-order valence-electron chi connectivity index (χ3n) is 3.73. The maximum atomic E-state index is 14.0. The molecule has 1 aromatic rings. The van der Waals surface area contributed by atoms with Gasteiger partial charge < -0.3 is 4.74 Å². The highest BCUT2D eigenvalue weighted by molar-refractivity contribution is 6.31. The van der Waals surface area contributed by atoms with E-state index < -0.39 is 17.8 Å². The number of hydrogen-bond acceptors (Lipinski definition) is 3. The van der Waals surface area contributed by atoms with Crippen LogP contribution < -0.4 is 5.32 Å². The molecule has 1 N–H and O–H groups in total. The van der Waals surface area contributed by atoms with Crippen molar-refractivity contribution in [2.75, 3.05) is 7.11 Å². The summed E-state index contributed by atoms with van der Waals surface area (Å²) in [7, 11) is 1.30. The first kappa shape index (κ1) is 15.3. The maximum absolute atomic E-state index is 14.0. The molecule has 0 radical (unpaired) electrons. The van der Waals surface area contributed by atoms with Crippen LogP contribution in [0.25, 0.3) is 0 Å². The number of nitrogens with one attached hydrogen (secondary N) is 1. The van der Waals surface area contributed by atoms with Gasteiger partial charge in [0.1, 0.15) is 11.9 Å². The lowest BCUT2D eigenvalue weighted by atomic mass is 9.94. The van der Waals surface area contributed by atoms with Gasteiger partial charge in [-0.25, -0.2) is 9.18 Å². The second kappa shape index (κ2) is 7.04. The standard InChI is InChI=1S/C15H19ClFNO2/c1-20-15(19)14(18-10-6-3-2-4-7-10)13-11(16)8-5-9-12(13)17/h5,8-10,14,18H,2-4,6-7H2,1H3. The molecule has 110 valence electrons. The van der Waals surface area contributed by atoms with Crippen LogP contribution in [0.1, 0.15) is 43.7 Å². The fourth-order valence-electron chi connectivity index (χ4n) is 2.68. The van der Waals surface area contributed by atoms with Crippen molar-refractivity contribution in [1.82, 2.24) is 5.32 Å². The first-order chi connectivity index (χ1) is 9.63. The monoisotopic (exact) mass is 299 g/mol. The Hall–Kier alpha value is -1.13. The average molecular weight is 300 g/mol. The van der Waals surface area contributed by atoms with Crippen LogP contribution in [0.2, 0.25) is 5.02 Å². The molecule has 0 aromatic heterocycles. The second-order valence-electron chi connectivity index (χ2n) is 5.09. The van der Waals surface area contributed by atoms with Gasteiger partial charge in [-0.2, -0.15) is 0 Å². The van der Waals surface area contributed by atoms with E-state index in [0.29, 0.717) is 0 Å². The first-order valence-corrected chi connectivity index (χ1v) is 7.29. The van der Waals surface area contributed by atoms with Crippen molar-refractivity contribution >= 4 is 17.6 Å². The summed E-state index contributed by atoms with van der Waals surface area (Å²) in [6, 6.07) is 3.76. The third-order valence-corrected chi connectivity index (χ3v) is 4.06. The highest BCUT2D eigenvalue weighted by Crippen LogP contribution is 2.29. The normalized spacial score (nSPS) is 17.8. The van der Waals surface area contributed by atoms with Crippen molar-refractivity contribution < 1.29 is 13.9 Å². The van der Waals surface area contributed by atoms with E-state index >= 15 is 0 Å². The second-order valence-corrected chi connectivity index (χ2v) is 5.50. The fourth-order valence-corrected chi connectivity index (χ4v) is 2.95. The van der Waals surface area contributed by atoms with Gasteiger partial charge in [-0.15, -0.1) is 0 Å². The molecule has 1 aliphatic rings. The predicted molar refractivity (Wildman–Crippen MR) is 76.2 cm³/mol. The number of rotatable bonds is 4. The van der Waals surface area contributed by atoms with Gasteiger partial charge in [-0.05, 0) is 25.0 Å². The summed E-state index contributed by atoms with van der Waals surface area (Å²) in [5.74, 6) is -1.00. The zero-order valence-corrected chi connectivity index (χ0v) is 12.3. The summed E-state index contributed by atoms with van der Waals surface area (Å²) in [5, 5.41) is 3.45. The van der Waals surface area contributed by atoms with E-state index in [1.165, 1.54) is 25.7 Å². The van der Waals surface area contributed by atoms with Crippen molar-refractivity contribution in [3.8, 4) is 0 Å². The van der Waals surface area contributed by atoms with Gasteiger partial charge in [-0.1, -0.05) is 36.9 Å². The largest absolute Gasteiger partial charge is 0.468 e. The Kier molecular flexibility index (Phi) is 5.38. The summed E-state index contributed by atoms with van der Waals surface area (Å²) >= 11 is 6.06. The summed E-state index contributed by atoms with van der Waals surface area (Å²) in [6.07, 6.45) is 5.42. The quantitative estimate of drug-likeness (QED) is 0.863. The smallest absolute Gasteiger partial charge is 0.327 e. The van der Waals surface area contributed by atoms with E-state index in [1.54, 1.807) is 6.07 Å². The van der Waals surface area contributed by atoms with Crippen molar-refractivity contribution in [1.29, 1.82) is 0 Å². The number of benzene rings is 1. The lowest BCUT2D eigenvalue weighted by molar-refractivity contribution is -0.143. The molecule has 20 heavy (non-hydrogen) atoms. The van der Waals surface area contributed by atoms with E-state index in [1.807, 2.05) is 0 Å². The molecule has 1 unspecified atom stereocenters. The number of halogens is 2. The molecule has 2 rings (SSSR count). The zero-order chi connectivity index (χ0) is 14.5. The molecule has 0 heterocycles. The number of hydrogen-bond donors (Lipinski definition) is 1. The van der Waals surface area contributed by atoms with Crippen LogP contribution in [-0.4, -0.2) is 19.1 Å². The van der Waals surface area contributed by atoms with Gasteiger partial charge in [-0.3, -0.25) is 5.32 Å². The van der Waals surface area contributed by atoms with Crippen LogP contribution in [-0.2, 0) is 9.53 Å². The highest BCUT2D eigenvalue weighted by atomic mass is 35.5. The minimum Gasteiger partial charge on any atom is -0.468 e. The molecule has 1 saturated carbocycles. The Morgan fingerprint density at radius 1 is 1.40 bits per heavy atom. The summed E-state index contributed by atoms with van der Waals surface area (Å²) in [5.41, 5.74) is 0.173. The molecular formula is C15H19ClFNO2. The lowest BCUT2D eigenvalue weighted by Crippen LogP contribution is -2.39. The van der Waals surface area contributed by atoms with Crippen molar-refractivity contribution in [3.05, 3.63) is 34.6 Å². The topological polar surface area (TPSA) is 38.3 Å². The van der Waals surface area contributed by atoms with Crippen LogP contribution in [0, 0.1) is 5.82 Å². The molecule has 1 atom stereocenters. The Bertz CT molecular complexity index is 455. The van der Waals surface area contributed by atoms with Crippen LogP contribution in [0.4, 0.5) is 4.39 Å². The lowest BCUT2D eigenvalue weighted by Gasteiger charge is -2.28. The predicted octanol–water partition coefficient (Wildman–Crippen LogP) is 3.62. The van der Waals surface area contributed by atoms with E-state index in [2.05, 4.69) is 5.32 Å². The van der Waals surface area contributed by atoms with E-state index in [-0.39, 0.29) is 16.6 Å². The zero-order valence-electron chi connectivity index (χ0n) is 11.5. The molecule has 1 aliphatic carbocycles. The third kappa shape index (κ3) is 3.49. The van der Waals surface area contributed by atoms with Crippen molar-refractivity contribution in [2.45, 2.75) is 44.2 Å². The number of carbonyl (C=O) groups excluding carboxylic acids is 1. The number of esters is 1. The van der Waals surface area contributed by atoms with E-state index in [0.717, 1.165) is 25.7 Å². The maximum Gasteiger partial charge on any atom is 0.327 e. The number of ether oxygens (including phenoxy) is 1. The van der Waals surface area contributed by atoms with Gasteiger partial charge in [0.05, 0.1) is 7.11 Å². The molecule has 1 aromatic carbocycles. The van der Waals surface area contributed by atoms with Gasteiger partial charge in [0.2, 0.25) is 0 Å². The van der Waals surface area contributed by atoms with Gasteiger partial charge >= 0.3 is 5.97 Å². The van der Waals surface area contributed by atoms with Gasteiger partial charge in [0.15, 0.2) is 0 Å². The summed E-state index contributed by atoms with van der Waals surface area (Å²) in [6.45, 7) is 0. The van der Waals surface area contributed by atoms with Crippen LogP contribution >= 0.6 is 11.6 Å². The minimum atomic E-state index is -0.850. The number of carbonyl (C=O) groups is 1. The van der Waals surface area contributed by atoms with Crippen molar-refractivity contribution in [2.24, 2.45) is 0 Å². The van der Waals surface area contributed by atoms with Crippen LogP contribution in [0.3, 0.4) is 0 Å². The Labute approximate surface area is 123 Å². The molecule has 0 saturated heterocycles. The SMILES string of the molecule is COC(=O)C(NC1CCCCC1)c1c(F)cccc1Cl. The summed E-state index contributed by atoms with van der Waals surface area (Å²) < 4.78 is 18.8. The van der Waals surface area contributed by atoms with E-state index in [4.69, 9.17) is 16.3 Å². The van der Waals surface area contributed by atoms with E-state index in [9.17, 15) is 9.18 Å². The Morgan fingerprint density at radius 2 is 2.10 bits per heavy atom. The van der Waals surface area contributed by atoms with Crippen molar-refractivity contribution in [3.63, 3.8) is 0 Å². The Morgan fingerprint density at radius 3 is 2.70 bits per heavy atom. The molecular weight excluding hydrogens is 281 g/mol. The fraction of sp³-hybridized carbons (Fsp3) is 0.533. The van der Waals surface area contributed by atoms with Gasteiger partial charge in [0.25, 0.3) is 0 Å². The van der Waals surface area contributed by atoms with Crippen LogP contribution in [0.5, 0.6) is 0 Å². The Balaban J connectivity index is 2.25. The number of methoxy groups -OCH3 is 1. The summed E-state index contributed by atoms with van der Waals surface area (Å²) in [4.78, 5) is 12.0. The average Bonchev–Trinajstić information content (AvgIpc) is 2.46. The van der Waals surface area contributed by atoms with Crippen LogP contribution in [0.15, 0.2) is 18.2 Å². The molecule has 5 heteroatoms. The molecule has 0 amide bonds. The molecule has 0 aliphatic heterocycles. The molecule has 0 bridgehead atoms. The molecule has 1 fully saturated rings. The molecule has 0 spiro atoms. The van der Waals surface area contributed by atoms with Gasteiger partial charge in [0, 0.05) is 16.6 Å². The molecule has 3 nitrogen and oxygen atoms in total.